The van der Waals surface area contributed by atoms with Crippen LogP contribution in [0.1, 0.15) is 53.8 Å². The maximum atomic E-state index is 13.4. The van der Waals surface area contributed by atoms with Crippen molar-refractivity contribution in [2.75, 3.05) is 0 Å². The van der Waals surface area contributed by atoms with E-state index in [0.717, 1.165) is 11.0 Å². The van der Waals surface area contributed by atoms with Crippen LogP contribution < -0.4 is 5.30 Å². The van der Waals surface area contributed by atoms with Gasteiger partial charge in [0.05, 0.1) is 11.1 Å². The summed E-state index contributed by atoms with van der Waals surface area (Å²) < 4.78 is 13.4. The van der Waals surface area contributed by atoms with Crippen molar-refractivity contribution in [3.8, 4) is 0 Å². The van der Waals surface area contributed by atoms with Crippen LogP contribution in [0.25, 0.3) is 0 Å². The zero-order chi connectivity index (χ0) is 15.7. The summed E-state index contributed by atoms with van der Waals surface area (Å²) in [7, 11) is 2.28. The largest absolute Gasteiger partial charge is 0.300 e. The van der Waals surface area contributed by atoms with E-state index in [4.69, 9.17) is 0 Å². The number of halogens is 1. The van der Waals surface area contributed by atoms with E-state index in [-0.39, 0.29) is 23.0 Å². The molecule has 21 heavy (non-hydrogen) atoms. The number of ketones is 1. The number of nitrogens with zero attached hydrogens (tertiary/aromatic N) is 1. The summed E-state index contributed by atoms with van der Waals surface area (Å²) in [5.41, 5.74) is 0.332. The fourth-order valence-electron chi connectivity index (χ4n) is 2.45. The first-order valence-electron chi connectivity index (χ1n) is 6.85. The van der Waals surface area contributed by atoms with Gasteiger partial charge >= 0.3 is 0 Å². The molecule has 0 aliphatic carbocycles. The van der Waals surface area contributed by atoms with Crippen molar-refractivity contribution in [3.63, 3.8) is 0 Å². The smallest absolute Gasteiger partial charge is 0.262 e. The van der Waals surface area contributed by atoms with E-state index in [0.29, 0.717) is 24.6 Å². The molecule has 2 amide bonds. The van der Waals surface area contributed by atoms with Gasteiger partial charge in [0.25, 0.3) is 11.8 Å². The third kappa shape index (κ3) is 2.88. The quantitative estimate of drug-likeness (QED) is 0.618. The molecule has 0 saturated heterocycles. The molecule has 2 rings (SSSR count). The van der Waals surface area contributed by atoms with Crippen LogP contribution in [0.4, 0.5) is 4.39 Å². The van der Waals surface area contributed by atoms with E-state index in [1.54, 1.807) is 13.8 Å². The van der Waals surface area contributed by atoms with E-state index < -0.39 is 17.6 Å². The number of rotatable bonds is 5. The highest BCUT2D eigenvalue weighted by molar-refractivity contribution is 7.27. The third-order valence-electron chi connectivity index (χ3n) is 3.69. The van der Waals surface area contributed by atoms with E-state index in [9.17, 15) is 18.8 Å². The summed E-state index contributed by atoms with van der Waals surface area (Å²) >= 11 is 0. The monoisotopic (exact) mass is 309 g/mol. The minimum absolute atomic E-state index is 0.0937. The number of Topliss-reactive ketones (excluding diaryl/α,β-unsaturated/α-hetero) is 1. The Morgan fingerprint density at radius 1 is 1.33 bits per heavy atom. The van der Waals surface area contributed by atoms with Crippen LogP contribution in [-0.2, 0) is 4.79 Å². The molecular weight excluding hydrogens is 292 g/mol. The molecule has 4 nitrogen and oxygen atoms in total. The molecule has 2 unspecified atom stereocenters. The Labute approximate surface area is 124 Å². The Kier molecular flexibility index (Phi) is 4.52. The number of imide groups is 1. The molecule has 1 aromatic carbocycles. The van der Waals surface area contributed by atoms with E-state index >= 15 is 0 Å². The first-order valence-corrected chi connectivity index (χ1v) is 7.43. The lowest BCUT2D eigenvalue weighted by Crippen LogP contribution is -2.38. The zero-order valence-corrected chi connectivity index (χ0v) is 13.1. The van der Waals surface area contributed by atoms with Gasteiger partial charge in [0, 0.05) is 18.9 Å². The topological polar surface area (TPSA) is 54.5 Å². The summed E-state index contributed by atoms with van der Waals surface area (Å²) in [6.07, 6.45) is 1.19. The molecular formula is C15H17FNO3P. The number of hydrogen-bond donors (Lipinski definition) is 0. The zero-order valence-electron chi connectivity index (χ0n) is 12.0. The van der Waals surface area contributed by atoms with Crippen molar-refractivity contribution in [3.05, 3.63) is 29.1 Å². The average Bonchev–Trinajstić information content (AvgIpc) is 2.67. The van der Waals surface area contributed by atoms with Crippen molar-refractivity contribution in [1.82, 2.24) is 4.90 Å². The van der Waals surface area contributed by atoms with Crippen LogP contribution in [0.3, 0.4) is 0 Å². The maximum absolute atomic E-state index is 13.4. The van der Waals surface area contributed by atoms with Gasteiger partial charge in [-0.1, -0.05) is 6.92 Å². The van der Waals surface area contributed by atoms with Crippen LogP contribution in [0.5, 0.6) is 0 Å². The van der Waals surface area contributed by atoms with E-state index in [2.05, 4.69) is 9.24 Å². The molecule has 0 spiro atoms. The molecule has 0 aromatic heterocycles. The molecule has 1 heterocycles. The van der Waals surface area contributed by atoms with Crippen LogP contribution in [-0.4, -0.2) is 28.5 Å². The minimum Gasteiger partial charge on any atom is -0.300 e. The summed E-state index contributed by atoms with van der Waals surface area (Å²) in [6, 6.07) is 1.91. The van der Waals surface area contributed by atoms with Gasteiger partial charge in [-0.05, 0) is 30.8 Å². The molecule has 0 saturated carbocycles. The van der Waals surface area contributed by atoms with Crippen molar-refractivity contribution in [2.45, 2.75) is 39.2 Å². The lowest BCUT2D eigenvalue weighted by Gasteiger charge is -2.22. The molecule has 0 fully saturated rings. The second-order valence-electron chi connectivity index (χ2n) is 5.18. The number of benzene rings is 1. The van der Waals surface area contributed by atoms with Gasteiger partial charge in [-0.15, -0.1) is 9.24 Å². The van der Waals surface area contributed by atoms with Crippen molar-refractivity contribution >= 4 is 32.1 Å². The lowest BCUT2D eigenvalue weighted by atomic mass is 10.1. The van der Waals surface area contributed by atoms with Crippen LogP contribution in [0.15, 0.2) is 12.1 Å². The Bertz CT molecular complexity index is 630. The van der Waals surface area contributed by atoms with Crippen molar-refractivity contribution in [2.24, 2.45) is 0 Å². The Morgan fingerprint density at radius 2 is 2.00 bits per heavy atom. The third-order valence-corrected chi connectivity index (χ3v) is 4.15. The van der Waals surface area contributed by atoms with Gasteiger partial charge in [0.1, 0.15) is 11.6 Å². The molecule has 1 aliphatic heterocycles. The second kappa shape index (κ2) is 6.02. The number of carbonyl (C=O) groups excluding carboxylic acids is 3. The van der Waals surface area contributed by atoms with Crippen LogP contribution in [0, 0.1) is 5.82 Å². The SMILES string of the molecule is CCC(=O)CCC(C)N1C(=O)c2cc(F)cc(P)c2C1=O. The fourth-order valence-corrected chi connectivity index (χ4v) is 2.89. The summed E-state index contributed by atoms with van der Waals surface area (Å²) in [5.74, 6) is -1.36. The predicted octanol–water partition coefficient (Wildman–Crippen LogP) is 2.07. The predicted molar refractivity (Wildman–Crippen MR) is 80.2 cm³/mol. The maximum Gasteiger partial charge on any atom is 0.262 e. The fraction of sp³-hybridized carbons (Fsp3) is 0.400. The van der Waals surface area contributed by atoms with Gasteiger partial charge in [0.15, 0.2) is 0 Å². The van der Waals surface area contributed by atoms with Gasteiger partial charge < -0.3 is 0 Å². The molecule has 1 aromatic rings. The summed E-state index contributed by atoms with van der Waals surface area (Å²) in [5, 5.41) is 0.377. The van der Waals surface area contributed by atoms with Gasteiger partial charge in [0.2, 0.25) is 0 Å². The first-order chi connectivity index (χ1) is 9.86. The second-order valence-corrected chi connectivity index (χ2v) is 5.80. The Balaban J connectivity index is 2.25. The van der Waals surface area contributed by atoms with Crippen molar-refractivity contribution < 1.29 is 18.8 Å². The summed E-state index contributed by atoms with van der Waals surface area (Å²) in [4.78, 5) is 37.2. The molecule has 0 radical (unpaired) electrons. The Hall–Kier alpha value is -1.61. The number of fused-ring (bicyclic) bond motifs is 1. The Morgan fingerprint density at radius 3 is 2.62 bits per heavy atom. The number of hydrogen-bond acceptors (Lipinski definition) is 3. The molecule has 2 atom stereocenters. The normalized spacial score (nSPS) is 15.3. The highest BCUT2D eigenvalue weighted by atomic mass is 31.0. The highest BCUT2D eigenvalue weighted by Crippen LogP contribution is 2.26. The van der Waals surface area contributed by atoms with E-state index in [1.165, 1.54) is 6.07 Å². The van der Waals surface area contributed by atoms with Gasteiger partial charge in [-0.2, -0.15) is 0 Å². The van der Waals surface area contributed by atoms with Crippen LogP contribution in [0.2, 0.25) is 0 Å². The molecule has 0 N–H and O–H groups in total. The van der Waals surface area contributed by atoms with Gasteiger partial charge in [-0.25, -0.2) is 4.39 Å². The van der Waals surface area contributed by atoms with Crippen LogP contribution >= 0.6 is 9.24 Å². The van der Waals surface area contributed by atoms with Crippen molar-refractivity contribution in [1.29, 1.82) is 0 Å². The standard InChI is InChI=1S/C15H17FNO3P/c1-3-10(18)5-4-8(2)17-14(19)11-6-9(16)7-12(21)13(11)15(17)20/h6-8H,3-5,21H2,1-2H3. The van der Waals surface area contributed by atoms with E-state index in [1.807, 2.05) is 0 Å². The number of amides is 2. The average molecular weight is 309 g/mol. The number of carbonyl (C=O) groups is 3. The first kappa shape index (κ1) is 15.8. The lowest BCUT2D eigenvalue weighted by molar-refractivity contribution is -0.119. The highest BCUT2D eigenvalue weighted by Gasteiger charge is 2.39. The van der Waals surface area contributed by atoms with Gasteiger partial charge in [-0.3, -0.25) is 19.3 Å². The summed E-state index contributed by atoms with van der Waals surface area (Å²) in [6.45, 7) is 3.50. The minimum atomic E-state index is -0.546. The molecule has 1 aliphatic rings. The molecule has 6 heteroatoms. The molecule has 112 valence electrons. The molecule has 0 bridgehead atoms.